The zero-order valence-corrected chi connectivity index (χ0v) is 19.0. The van der Waals surface area contributed by atoms with Gasteiger partial charge in [0.1, 0.15) is 5.75 Å². The van der Waals surface area contributed by atoms with Crippen LogP contribution >= 0.6 is 11.6 Å². The molecule has 1 saturated heterocycles. The van der Waals surface area contributed by atoms with Gasteiger partial charge in [0.15, 0.2) is 5.82 Å². The van der Waals surface area contributed by atoms with Gasteiger partial charge in [-0.15, -0.1) is 10.2 Å². The van der Waals surface area contributed by atoms with Gasteiger partial charge in [-0.2, -0.15) is 0 Å². The number of rotatable bonds is 4. The molecule has 6 nitrogen and oxygen atoms in total. The summed E-state index contributed by atoms with van der Waals surface area (Å²) in [5.74, 6) is 1.26. The van der Waals surface area contributed by atoms with Crippen molar-refractivity contribution in [2.75, 3.05) is 38.2 Å². The number of piperazine rings is 1. The Morgan fingerprint density at radius 1 is 0.909 bits per heavy atom. The number of carbonyl (C=O) groups excluding carboxylic acids is 1. The van der Waals surface area contributed by atoms with E-state index in [1.165, 1.54) is 5.39 Å². The highest BCUT2D eigenvalue weighted by molar-refractivity contribution is 6.31. The molecular weight excluding hydrogens is 436 g/mol. The minimum atomic E-state index is -0.0774. The predicted octanol–water partition coefficient (Wildman–Crippen LogP) is 4.92. The van der Waals surface area contributed by atoms with Gasteiger partial charge in [-0.25, -0.2) is 0 Å². The van der Waals surface area contributed by atoms with E-state index in [9.17, 15) is 4.79 Å². The molecule has 0 saturated carbocycles. The lowest BCUT2D eigenvalue weighted by atomic mass is 10.0. The third-order valence-corrected chi connectivity index (χ3v) is 6.23. The summed E-state index contributed by atoms with van der Waals surface area (Å²) in [6.45, 7) is 2.52. The van der Waals surface area contributed by atoms with E-state index in [1.54, 1.807) is 25.3 Å². The highest BCUT2D eigenvalue weighted by Crippen LogP contribution is 2.28. The fourth-order valence-electron chi connectivity index (χ4n) is 4.24. The molecular formula is C26H23ClN4O2. The number of anilines is 1. The Morgan fingerprint density at radius 2 is 1.70 bits per heavy atom. The number of carbonyl (C=O) groups is 1. The van der Waals surface area contributed by atoms with Gasteiger partial charge in [0.25, 0.3) is 5.91 Å². The molecule has 0 radical (unpaired) electrons. The first-order valence-electron chi connectivity index (χ1n) is 10.8. The van der Waals surface area contributed by atoms with Gasteiger partial charge in [0.2, 0.25) is 0 Å². The Labute approximate surface area is 197 Å². The Bertz CT molecular complexity index is 1300. The van der Waals surface area contributed by atoms with Crippen LogP contribution in [0.15, 0.2) is 72.8 Å². The van der Waals surface area contributed by atoms with E-state index in [0.29, 0.717) is 42.5 Å². The summed E-state index contributed by atoms with van der Waals surface area (Å²) in [6.07, 6.45) is 0. The Balaban J connectivity index is 1.29. The van der Waals surface area contributed by atoms with Crippen molar-refractivity contribution in [1.29, 1.82) is 0 Å². The summed E-state index contributed by atoms with van der Waals surface area (Å²) >= 11 is 6.10. The highest BCUT2D eigenvalue weighted by Gasteiger charge is 2.25. The van der Waals surface area contributed by atoms with Gasteiger partial charge in [-0.05, 0) is 41.1 Å². The SMILES string of the molecule is COc1ccc(Cl)cc1C(=O)N1CCN(c2ccc(-c3cccc4ccccc34)nn2)CC1. The van der Waals surface area contributed by atoms with Crippen molar-refractivity contribution in [3.63, 3.8) is 0 Å². The van der Waals surface area contributed by atoms with E-state index < -0.39 is 0 Å². The molecule has 7 heteroatoms. The van der Waals surface area contributed by atoms with Crippen molar-refractivity contribution >= 4 is 34.1 Å². The third kappa shape index (κ3) is 4.22. The number of hydrogen-bond donors (Lipinski definition) is 0. The molecule has 0 N–H and O–H groups in total. The quantitative estimate of drug-likeness (QED) is 0.434. The number of aromatic nitrogens is 2. The van der Waals surface area contributed by atoms with Crippen LogP contribution in [-0.4, -0.2) is 54.3 Å². The molecule has 1 aliphatic rings. The average Bonchev–Trinajstić information content (AvgIpc) is 2.88. The molecule has 0 aliphatic carbocycles. The zero-order valence-electron chi connectivity index (χ0n) is 18.2. The molecule has 0 atom stereocenters. The van der Waals surface area contributed by atoms with Crippen LogP contribution in [0.3, 0.4) is 0 Å². The van der Waals surface area contributed by atoms with Gasteiger partial charge >= 0.3 is 0 Å². The second-order valence-corrected chi connectivity index (χ2v) is 8.36. The van der Waals surface area contributed by atoms with Gasteiger partial charge in [-0.1, -0.05) is 54.1 Å². The van der Waals surface area contributed by atoms with Crippen LogP contribution in [0.2, 0.25) is 5.02 Å². The van der Waals surface area contributed by atoms with Crippen molar-refractivity contribution < 1.29 is 9.53 Å². The second-order valence-electron chi connectivity index (χ2n) is 7.93. The minimum absolute atomic E-state index is 0.0774. The highest BCUT2D eigenvalue weighted by atomic mass is 35.5. The number of methoxy groups -OCH3 is 1. The monoisotopic (exact) mass is 458 g/mol. The Hall–Kier alpha value is -3.64. The summed E-state index contributed by atoms with van der Waals surface area (Å²) in [5, 5.41) is 11.8. The topological polar surface area (TPSA) is 58.6 Å². The first-order valence-corrected chi connectivity index (χ1v) is 11.2. The van der Waals surface area contributed by atoms with E-state index in [1.807, 2.05) is 35.2 Å². The standard InChI is InChI=1S/C26H23ClN4O2/c1-33-24-11-9-19(27)17-22(24)26(32)31-15-13-30(14-16-31)25-12-10-23(28-29-25)21-8-4-6-18-5-2-3-7-20(18)21/h2-12,17H,13-16H2,1H3. The summed E-state index contributed by atoms with van der Waals surface area (Å²) in [6, 6.07) is 23.6. The molecule has 1 aliphatic heterocycles. The molecule has 2 heterocycles. The van der Waals surface area contributed by atoms with Crippen LogP contribution in [0.1, 0.15) is 10.4 Å². The maximum atomic E-state index is 13.0. The van der Waals surface area contributed by atoms with Crippen LogP contribution in [0, 0.1) is 0 Å². The van der Waals surface area contributed by atoms with E-state index in [-0.39, 0.29) is 5.91 Å². The molecule has 0 unspecified atom stereocenters. The van der Waals surface area contributed by atoms with Crippen LogP contribution < -0.4 is 9.64 Å². The molecule has 1 fully saturated rings. The van der Waals surface area contributed by atoms with E-state index in [0.717, 1.165) is 22.5 Å². The van der Waals surface area contributed by atoms with E-state index in [4.69, 9.17) is 16.3 Å². The van der Waals surface area contributed by atoms with Crippen molar-refractivity contribution in [1.82, 2.24) is 15.1 Å². The number of fused-ring (bicyclic) bond motifs is 1. The Kier molecular flexibility index (Phi) is 5.84. The molecule has 1 aromatic heterocycles. The lowest BCUT2D eigenvalue weighted by Gasteiger charge is -2.35. The normalized spacial score (nSPS) is 13.9. The largest absolute Gasteiger partial charge is 0.496 e. The average molecular weight is 459 g/mol. The van der Waals surface area contributed by atoms with E-state index >= 15 is 0 Å². The number of benzene rings is 3. The predicted molar refractivity (Wildman–Crippen MR) is 131 cm³/mol. The summed E-state index contributed by atoms with van der Waals surface area (Å²) in [7, 11) is 1.55. The number of halogens is 1. The zero-order chi connectivity index (χ0) is 22.8. The number of ether oxygens (including phenoxy) is 1. The minimum Gasteiger partial charge on any atom is -0.496 e. The van der Waals surface area contributed by atoms with Gasteiger partial charge in [-0.3, -0.25) is 4.79 Å². The fourth-order valence-corrected chi connectivity index (χ4v) is 4.41. The maximum Gasteiger partial charge on any atom is 0.257 e. The molecule has 3 aromatic carbocycles. The van der Waals surface area contributed by atoms with Gasteiger partial charge < -0.3 is 14.5 Å². The molecule has 1 amide bonds. The maximum absolute atomic E-state index is 13.0. The molecule has 0 bridgehead atoms. The molecule has 0 spiro atoms. The van der Waals surface area contributed by atoms with Crippen LogP contribution in [0.5, 0.6) is 5.75 Å². The van der Waals surface area contributed by atoms with E-state index in [2.05, 4.69) is 39.4 Å². The van der Waals surface area contributed by atoms with Crippen LogP contribution in [-0.2, 0) is 0 Å². The number of hydrogen-bond acceptors (Lipinski definition) is 5. The first-order chi connectivity index (χ1) is 16.1. The van der Waals surface area contributed by atoms with Crippen LogP contribution in [0.25, 0.3) is 22.0 Å². The lowest BCUT2D eigenvalue weighted by molar-refractivity contribution is 0.0743. The first kappa shape index (κ1) is 21.2. The summed E-state index contributed by atoms with van der Waals surface area (Å²) in [5.41, 5.74) is 2.40. The molecule has 166 valence electrons. The fraction of sp³-hybridized carbons (Fsp3) is 0.192. The number of amides is 1. The Morgan fingerprint density at radius 3 is 2.45 bits per heavy atom. The second kappa shape index (κ2) is 9.08. The lowest BCUT2D eigenvalue weighted by Crippen LogP contribution is -2.49. The summed E-state index contributed by atoms with van der Waals surface area (Å²) < 4.78 is 5.34. The number of nitrogens with zero attached hydrogens (tertiary/aromatic N) is 4. The molecule has 33 heavy (non-hydrogen) atoms. The summed E-state index contributed by atoms with van der Waals surface area (Å²) in [4.78, 5) is 17.0. The molecule has 5 rings (SSSR count). The van der Waals surface area contributed by atoms with Crippen molar-refractivity contribution in [3.8, 4) is 17.0 Å². The van der Waals surface area contributed by atoms with Gasteiger partial charge in [0.05, 0.1) is 18.4 Å². The third-order valence-electron chi connectivity index (χ3n) is 6.00. The smallest absolute Gasteiger partial charge is 0.257 e. The molecule has 4 aromatic rings. The van der Waals surface area contributed by atoms with Crippen molar-refractivity contribution in [2.45, 2.75) is 0 Å². The van der Waals surface area contributed by atoms with Gasteiger partial charge in [0, 0.05) is 36.8 Å². The van der Waals surface area contributed by atoms with Crippen LogP contribution in [0.4, 0.5) is 5.82 Å². The van der Waals surface area contributed by atoms with Crippen molar-refractivity contribution in [2.24, 2.45) is 0 Å². The van der Waals surface area contributed by atoms with Crippen molar-refractivity contribution in [3.05, 3.63) is 83.4 Å².